The lowest BCUT2D eigenvalue weighted by Gasteiger charge is -2.27. The first-order chi connectivity index (χ1) is 7.18. The molecule has 2 nitrogen and oxygen atoms in total. The molecular weight excluding hydrogens is 188 g/mol. The molecule has 0 radical (unpaired) electrons. The Morgan fingerprint density at radius 3 is 1.80 bits per heavy atom. The summed E-state index contributed by atoms with van der Waals surface area (Å²) in [5, 5.41) is 0. The highest BCUT2D eigenvalue weighted by Gasteiger charge is 2.24. The Kier molecular flexibility index (Phi) is 8.44. The van der Waals surface area contributed by atoms with Crippen molar-refractivity contribution in [2.24, 2.45) is 0 Å². The molecular formula is C13H26O2. The summed E-state index contributed by atoms with van der Waals surface area (Å²) < 4.78 is 5.24. The predicted octanol–water partition coefficient (Wildman–Crippen LogP) is 4.08. The summed E-state index contributed by atoms with van der Waals surface area (Å²) in [5.74, 6) is 0. The Labute approximate surface area is 94.4 Å². The smallest absolute Gasteiger partial charge is 0.293 e. The van der Waals surface area contributed by atoms with Crippen molar-refractivity contribution in [1.29, 1.82) is 0 Å². The molecule has 0 saturated carbocycles. The lowest BCUT2D eigenvalue weighted by atomic mass is 9.92. The van der Waals surface area contributed by atoms with Gasteiger partial charge < -0.3 is 4.74 Å². The highest BCUT2D eigenvalue weighted by atomic mass is 16.5. The molecule has 0 unspecified atom stereocenters. The van der Waals surface area contributed by atoms with Crippen LogP contribution in [-0.4, -0.2) is 12.1 Å². The molecule has 0 fully saturated rings. The van der Waals surface area contributed by atoms with Crippen LogP contribution in [0.5, 0.6) is 0 Å². The summed E-state index contributed by atoms with van der Waals surface area (Å²) in [6, 6.07) is 0. The van der Waals surface area contributed by atoms with Gasteiger partial charge in [0, 0.05) is 0 Å². The number of carbonyl (C=O) groups is 1. The zero-order valence-electron chi connectivity index (χ0n) is 10.6. The van der Waals surface area contributed by atoms with E-state index in [2.05, 4.69) is 20.8 Å². The number of unbranched alkanes of at least 4 members (excludes halogenated alkanes) is 4. The average Bonchev–Trinajstić information content (AvgIpc) is 2.19. The van der Waals surface area contributed by atoms with Crippen LogP contribution in [0.1, 0.15) is 72.1 Å². The number of carbonyl (C=O) groups excluding carboxylic acids is 1. The molecule has 0 rings (SSSR count). The van der Waals surface area contributed by atoms with E-state index in [1.165, 1.54) is 25.7 Å². The van der Waals surface area contributed by atoms with Gasteiger partial charge in [-0.1, -0.05) is 39.5 Å². The molecule has 2 heteroatoms. The predicted molar refractivity (Wildman–Crippen MR) is 63.8 cm³/mol. The van der Waals surface area contributed by atoms with Crippen molar-refractivity contribution in [2.45, 2.75) is 77.7 Å². The third-order valence-corrected chi connectivity index (χ3v) is 2.95. The fraction of sp³-hybridized carbons (Fsp3) is 0.923. The summed E-state index contributed by atoms with van der Waals surface area (Å²) >= 11 is 0. The molecule has 0 aromatic heterocycles. The fourth-order valence-electron chi connectivity index (χ4n) is 1.86. The van der Waals surface area contributed by atoms with E-state index in [0.29, 0.717) is 6.47 Å². The molecule has 0 aliphatic heterocycles. The molecule has 0 aromatic rings. The topological polar surface area (TPSA) is 26.3 Å². The molecule has 0 atom stereocenters. The van der Waals surface area contributed by atoms with Crippen LogP contribution in [-0.2, 0) is 9.53 Å². The van der Waals surface area contributed by atoms with E-state index in [-0.39, 0.29) is 5.60 Å². The van der Waals surface area contributed by atoms with Gasteiger partial charge in [-0.2, -0.15) is 0 Å². The van der Waals surface area contributed by atoms with Crippen LogP contribution in [0.15, 0.2) is 0 Å². The first kappa shape index (κ1) is 14.5. The minimum Gasteiger partial charge on any atom is -0.462 e. The van der Waals surface area contributed by atoms with Crippen LogP contribution in [0.3, 0.4) is 0 Å². The first-order valence-electron chi connectivity index (χ1n) is 6.30. The standard InChI is InChI=1S/C13H26O2/c1-4-6-8-10-13(3,15-12-14)11-9-7-5-2/h12H,4-11H2,1-3H3. The summed E-state index contributed by atoms with van der Waals surface area (Å²) in [6.45, 7) is 7.05. The van der Waals surface area contributed by atoms with E-state index >= 15 is 0 Å². The van der Waals surface area contributed by atoms with Crippen LogP contribution in [0.25, 0.3) is 0 Å². The van der Waals surface area contributed by atoms with Gasteiger partial charge in [-0.25, -0.2) is 0 Å². The van der Waals surface area contributed by atoms with Gasteiger partial charge in [0.15, 0.2) is 0 Å². The Morgan fingerprint density at radius 2 is 1.47 bits per heavy atom. The van der Waals surface area contributed by atoms with Gasteiger partial charge in [0.2, 0.25) is 0 Å². The Bertz CT molecular complexity index is 145. The lowest BCUT2D eigenvalue weighted by Crippen LogP contribution is -2.28. The van der Waals surface area contributed by atoms with E-state index in [4.69, 9.17) is 4.74 Å². The van der Waals surface area contributed by atoms with Crippen molar-refractivity contribution in [1.82, 2.24) is 0 Å². The molecule has 0 aliphatic carbocycles. The van der Waals surface area contributed by atoms with Crippen molar-refractivity contribution in [3.8, 4) is 0 Å². The molecule has 0 aliphatic rings. The van der Waals surface area contributed by atoms with Gasteiger partial charge in [0.05, 0.1) is 0 Å². The quantitative estimate of drug-likeness (QED) is 0.404. The van der Waals surface area contributed by atoms with Gasteiger partial charge in [-0.3, -0.25) is 4.79 Å². The van der Waals surface area contributed by atoms with Gasteiger partial charge in [-0.05, 0) is 32.6 Å². The first-order valence-corrected chi connectivity index (χ1v) is 6.30. The van der Waals surface area contributed by atoms with Crippen LogP contribution in [0.4, 0.5) is 0 Å². The number of hydrogen-bond acceptors (Lipinski definition) is 2. The van der Waals surface area contributed by atoms with Crippen molar-refractivity contribution in [3.05, 3.63) is 0 Å². The molecule has 15 heavy (non-hydrogen) atoms. The summed E-state index contributed by atoms with van der Waals surface area (Å²) in [6.07, 6.45) is 9.21. The highest BCUT2D eigenvalue weighted by Crippen LogP contribution is 2.25. The molecule has 0 bridgehead atoms. The maximum Gasteiger partial charge on any atom is 0.293 e. The second-order valence-corrected chi connectivity index (χ2v) is 4.58. The lowest BCUT2D eigenvalue weighted by molar-refractivity contribution is -0.143. The molecule has 0 N–H and O–H groups in total. The Balaban J connectivity index is 3.88. The second-order valence-electron chi connectivity index (χ2n) is 4.58. The van der Waals surface area contributed by atoms with Crippen molar-refractivity contribution >= 4 is 6.47 Å². The van der Waals surface area contributed by atoms with Crippen LogP contribution < -0.4 is 0 Å². The molecule has 0 heterocycles. The third-order valence-electron chi connectivity index (χ3n) is 2.95. The van der Waals surface area contributed by atoms with E-state index in [0.717, 1.165) is 25.7 Å². The van der Waals surface area contributed by atoms with Gasteiger partial charge in [0.1, 0.15) is 5.60 Å². The minimum absolute atomic E-state index is 0.216. The fourth-order valence-corrected chi connectivity index (χ4v) is 1.86. The summed E-state index contributed by atoms with van der Waals surface area (Å²) in [4.78, 5) is 10.5. The SMILES string of the molecule is CCCCCC(C)(CCCCC)OC=O. The zero-order valence-corrected chi connectivity index (χ0v) is 10.6. The van der Waals surface area contributed by atoms with Gasteiger partial charge in [-0.15, -0.1) is 0 Å². The molecule has 0 aromatic carbocycles. The summed E-state index contributed by atoms with van der Waals surface area (Å²) in [5.41, 5.74) is -0.216. The van der Waals surface area contributed by atoms with Crippen LogP contribution in [0.2, 0.25) is 0 Å². The van der Waals surface area contributed by atoms with Crippen molar-refractivity contribution in [3.63, 3.8) is 0 Å². The third kappa shape index (κ3) is 7.40. The van der Waals surface area contributed by atoms with E-state index in [1.54, 1.807) is 0 Å². The maximum atomic E-state index is 10.5. The molecule has 0 saturated heterocycles. The van der Waals surface area contributed by atoms with Crippen LogP contribution in [0, 0.1) is 0 Å². The second kappa shape index (κ2) is 8.75. The van der Waals surface area contributed by atoms with Gasteiger partial charge in [0.25, 0.3) is 6.47 Å². The molecule has 90 valence electrons. The van der Waals surface area contributed by atoms with Crippen LogP contribution >= 0.6 is 0 Å². The van der Waals surface area contributed by atoms with E-state index in [1.807, 2.05) is 0 Å². The minimum atomic E-state index is -0.216. The maximum absolute atomic E-state index is 10.5. The van der Waals surface area contributed by atoms with E-state index in [9.17, 15) is 4.79 Å². The number of hydrogen-bond donors (Lipinski definition) is 0. The highest BCUT2D eigenvalue weighted by molar-refractivity contribution is 5.38. The van der Waals surface area contributed by atoms with Crippen molar-refractivity contribution in [2.75, 3.05) is 0 Å². The monoisotopic (exact) mass is 214 g/mol. The largest absolute Gasteiger partial charge is 0.462 e. The normalized spacial score (nSPS) is 11.4. The Morgan fingerprint density at radius 1 is 1.00 bits per heavy atom. The Hall–Kier alpha value is -0.530. The number of ether oxygens (including phenoxy) is 1. The van der Waals surface area contributed by atoms with E-state index < -0.39 is 0 Å². The van der Waals surface area contributed by atoms with Crippen molar-refractivity contribution < 1.29 is 9.53 Å². The molecule has 0 amide bonds. The van der Waals surface area contributed by atoms with Gasteiger partial charge >= 0.3 is 0 Å². The molecule has 0 spiro atoms. The zero-order chi connectivity index (χ0) is 11.6. The number of rotatable bonds is 10. The average molecular weight is 214 g/mol. The summed E-state index contributed by atoms with van der Waals surface area (Å²) in [7, 11) is 0.